The number of hydrogen-bond donors (Lipinski definition) is 1. The van der Waals surface area contributed by atoms with Crippen LogP contribution in [0.4, 0.5) is 0 Å². The number of isothiocyanates is 1. The molecule has 0 bridgehead atoms. The Bertz CT molecular complexity index is 214. The van der Waals surface area contributed by atoms with Gasteiger partial charge < -0.3 is 5.32 Å². The van der Waals surface area contributed by atoms with Crippen molar-refractivity contribution in [1.82, 2.24) is 5.32 Å². The van der Waals surface area contributed by atoms with Crippen LogP contribution in [0.2, 0.25) is 0 Å². The van der Waals surface area contributed by atoms with Gasteiger partial charge in [-0.1, -0.05) is 20.8 Å². The molecule has 3 nitrogen and oxygen atoms in total. The quantitative estimate of drug-likeness (QED) is 0.521. The van der Waals surface area contributed by atoms with Crippen LogP contribution in [0.1, 0.15) is 20.8 Å². The minimum Gasteiger partial charge on any atom is -0.357 e. The highest BCUT2D eigenvalue weighted by molar-refractivity contribution is 7.78. The predicted octanol–water partition coefficient (Wildman–Crippen LogP) is 1.25. The highest BCUT2D eigenvalue weighted by Crippen LogP contribution is 2.21. The van der Waals surface area contributed by atoms with E-state index in [9.17, 15) is 4.79 Å². The third kappa shape index (κ3) is 3.11. The lowest BCUT2D eigenvalue weighted by atomic mass is 9.87. The summed E-state index contributed by atoms with van der Waals surface area (Å²) < 4.78 is 0. The van der Waals surface area contributed by atoms with Crippen molar-refractivity contribution in [3.63, 3.8) is 0 Å². The van der Waals surface area contributed by atoms with Gasteiger partial charge in [0.25, 0.3) is 0 Å². The van der Waals surface area contributed by atoms with E-state index in [1.54, 1.807) is 7.05 Å². The zero-order valence-corrected chi connectivity index (χ0v) is 8.66. The zero-order chi connectivity index (χ0) is 9.78. The van der Waals surface area contributed by atoms with Gasteiger partial charge in [0, 0.05) is 7.05 Å². The molecule has 0 aromatic rings. The summed E-state index contributed by atoms with van der Waals surface area (Å²) in [5, 5.41) is 4.77. The maximum absolute atomic E-state index is 11.3. The molecule has 0 aliphatic carbocycles. The number of nitrogens with one attached hydrogen (secondary N) is 1. The van der Waals surface area contributed by atoms with Crippen molar-refractivity contribution in [1.29, 1.82) is 0 Å². The molecule has 0 heterocycles. The summed E-state index contributed by atoms with van der Waals surface area (Å²) in [6.45, 7) is 5.80. The van der Waals surface area contributed by atoms with E-state index < -0.39 is 6.04 Å². The maximum Gasteiger partial charge on any atom is 0.245 e. The first-order valence-corrected chi connectivity index (χ1v) is 4.13. The summed E-state index contributed by atoms with van der Waals surface area (Å²) in [4.78, 5) is 15.1. The van der Waals surface area contributed by atoms with Crippen LogP contribution >= 0.6 is 12.2 Å². The molecule has 0 aliphatic heterocycles. The Balaban J connectivity index is 4.67. The van der Waals surface area contributed by atoms with Crippen molar-refractivity contribution in [2.45, 2.75) is 26.8 Å². The molecular weight excluding hydrogens is 172 g/mol. The second-order valence-electron chi connectivity index (χ2n) is 3.60. The van der Waals surface area contributed by atoms with Crippen molar-refractivity contribution < 1.29 is 4.79 Å². The highest BCUT2D eigenvalue weighted by Gasteiger charge is 2.29. The smallest absolute Gasteiger partial charge is 0.245 e. The van der Waals surface area contributed by atoms with E-state index in [4.69, 9.17) is 0 Å². The van der Waals surface area contributed by atoms with E-state index in [1.807, 2.05) is 20.8 Å². The van der Waals surface area contributed by atoms with E-state index >= 15 is 0 Å². The average molecular weight is 186 g/mol. The summed E-state index contributed by atoms with van der Waals surface area (Å²) in [5.41, 5.74) is -0.216. The van der Waals surface area contributed by atoms with E-state index in [2.05, 4.69) is 27.7 Å². The second-order valence-corrected chi connectivity index (χ2v) is 3.79. The summed E-state index contributed by atoms with van der Waals surface area (Å²) in [6.07, 6.45) is 0. The number of thiocarbonyl (C=S) groups is 1. The summed E-state index contributed by atoms with van der Waals surface area (Å²) >= 11 is 4.47. The molecule has 0 aromatic carbocycles. The Kier molecular flexibility index (Phi) is 4.07. The lowest BCUT2D eigenvalue weighted by Crippen LogP contribution is -2.39. The normalized spacial score (nSPS) is 13.0. The number of likely N-dealkylation sites (N-methyl/N-ethyl adjacent to an activating group) is 1. The molecule has 1 atom stereocenters. The molecule has 0 saturated carbocycles. The lowest BCUT2D eigenvalue weighted by molar-refractivity contribution is -0.123. The molecule has 0 aliphatic rings. The highest BCUT2D eigenvalue weighted by atomic mass is 32.1. The van der Waals surface area contributed by atoms with Gasteiger partial charge in [-0.15, -0.1) is 0 Å². The van der Waals surface area contributed by atoms with E-state index in [-0.39, 0.29) is 11.3 Å². The van der Waals surface area contributed by atoms with Crippen molar-refractivity contribution >= 4 is 23.3 Å². The van der Waals surface area contributed by atoms with Gasteiger partial charge in [0.2, 0.25) is 5.91 Å². The summed E-state index contributed by atoms with van der Waals surface area (Å²) in [6, 6.07) is -0.444. The standard InChI is InChI=1S/C8H14N2OS/c1-8(2,3)6(10-5-12)7(11)9-4/h6H,1-4H3,(H,9,11)/t6-/m1/s1. The Morgan fingerprint density at radius 2 is 2.08 bits per heavy atom. The molecule has 0 unspecified atom stereocenters. The van der Waals surface area contributed by atoms with Crippen molar-refractivity contribution in [3.8, 4) is 0 Å². The van der Waals surface area contributed by atoms with Gasteiger partial charge in [-0.25, -0.2) is 4.99 Å². The Hall–Kier alpha value is -0.730. The average Bonchev–Trinajstić information content (AvgIpc) is 1.96. The minimum absolute atomic E-state index is 0.125. The first kappa shape index (κ1) is 11.3. The fourth-order valence-corrected chi connectivity index (χ4v) is 0.940. The van der Waals surface area contributed by atoms with Gasteiger partial charge in [0.15, 0.2) is 0 Å². The van der Waals surface area contributed by atoms with Crippen molar-refractivity contribution in [2.24, 2.45) is 10.4 Å². The SMILES string of the molecule is CNC(=O)[C@@H](N=C=S)C(C)(C)C. The molecule has 4 heteroatoms. The maximum atomic E-state index is 11.3. The zero-order valence-electron chi connectivity index (χ0n) is 7.84. The van der Waals surface area contributed by atoms with Crippen LogP contribution in [0.25, 0.3) is 0 Å². The molecule has 68 valence electrons. The van der Waals surface area contributed by atoms with E-state index in [1.165, 1.54) is 0 Å². The number of aliphatic imine (C=N–C) groups is 1. The molecule has 0 saturated heterocycles. The first-order chi connectivity index (χ1) is 5.43. The van der Waals surface area contributed by atoms with Crippen LogP contribution in [-0.2, 0) is 4.79 Å². The van der Waals surface area contributed by atoms with Crippen LogP contribution in [-0.4, -0.2) is 24.2 Å². The Morgan fingerprint density at radius 1 is 1.58 bits per heavy atom. The summed E-state index contributed by atoms with van der Waals surface area (Å²) in [7, 11) is 1.58. The fraction of sp³-hybridized carbons (Fsp3) is 0.750. The number of nitrogens with zero attached hydrogens (tertiary/aromatic N) is 1. The molecule has 12 heavy (non-hydrogen) atoms. The molecular formula is C8H14N2OS. The lowest BCUT2D eigenvalue weighted by Gasteiger charge is -2.24. The van der Waals surface area contributed by atoms with E-state index in [0.717, 1.165) is 0 Å². The van der Waals surface area contributed by atoms with Gasteiger partial charge in [-0.2, -0.15) is 0 Å². The predicted molar refractivity (Wildman–Crippen MR) is 52.3 cm³/mol. The van der Waals surface area contributed by atoms with Crippen LogP contribution in [0.5, 0.6) is 0 Å². The monoisotopic (exact) mass is 186 g/mol. The number of carbonyl (C=O) groups is 1. The van der Waals surface area contributed by atoms with Crippen molar-refractivity contribution in [3.05, 3.63) is 0 Å². The van der Waals surface area contributed by atoms with Crippen LogP contribution in [0.15, 0.2) is 4.99 Å². The minimum atomic E-state index is -0.444. The third-order valence-electron chi connectivity index (χ3n) is 1.50. The van der Waals surface area contributed by atoms with Crippen molar-refractivity contribution in [2.75, 3.05) is 7.05 Å². The van der Waals surface area contributed by atoms with Crippen LogP contribution in [0.3, 0.4) is 0 Å². The van der Waals surface area contributed by atoms with Crippen LogP contribution < -0.4 is 5.32 Å². The number of carbonyl (C=O) groups excluding carboxylic acids is 1. The third-order valence-corrected chi connectivity index (χ3v) is 1.60. The number of amides is 1. The van der Waals surface area contributed by atoms with Gasteiger partial charge in [-0.05, 0) is 17.6 Å². The first-order valence-electron chi connectivity index (χ1n) is 3.72. The van der Waals surface area contributed by atoms with Crippen LogP contribution in [0, 0.1) is 5.41 Å². The number of rotatable bonds is 2. The number of hydrogen-bond acceptors (Lipinski definition) is 3. The largest absolute Gasteiger partial charge is 0.357 e. The molecule has 1 amide bonds. The Labute approximate surface area is 78.3 Å². The molecule has 0 spiro atoms. The molecule has 0 radical (unpaired) electrons. The molecule has 1 N–H and O–H groups in total. The fourth-order valence-electron chi connectivity index (χ4n) is 0.835. The van der Waals surface area contributed by atoms with E-state index in [0.29, 0.717) is 0 Å². The molecule has 0 fully saturated rings. The second kappa shape index (κ2) is 4.33. The topological polar surface area (TPSA) is 41.5 Å². The van der Waals surface area contributed by atoms with Gasteiger partial charge in [0.05, 0.1) is 5.16 Å². The van der Waals surface area contributed by atoms with Gasteiger partial charge in [-0.3, -0.25) is 4.79 Å². The molecule has 0 aromatic heterocycles. The van der Waals surface area contributed by atoms with Gasteiger partial charge >= 0.3 is 0 Å². The van der Waals surface area contributed by atoms with Gasteiger partial charge in [0.1, 0.15) is 6.04 Å². The molecule has 0 rings (SSSR count). The summed E-state index contributed by atoms with van der Waals surface area (Å²) in [5.74, 6) is -0.125. The Morgan fingerprint density at radius 3 is 2.33 bits per heavy atom.